The Kier molecular flexibility index (Phi) is 7.57. The van der Waals surface area contributed by atoms with Gasteiger partial charge in [-0.1, -0.05) is 12.1 Å². The van der Waals surface area contributed by atoms with Crippen LogP contribution < -0.4 is 9.47 Å². The normalized spacial score (nSPS) is 17.6. The van der Waals surface area contributed by atoms with E-state index in [0.717, 1.165) is 67.2 Å². The van der Waals surface area contributed by atoms with Gasteiger partial charge < -0.3 is 28.8 Å². The van der Waals surface area contributed by atoms with Crippen LogP contribution in [0.25, 0.3) is 22.2 Å². The third-order valence-electron chi connectivity index (χ3n) is 7.78. The molecule has 2 aromatic carbocycles. The van der Waals surface area contributed by atoms with Gasteiger partial charge >= 0.3 is 6.09 Å². The van der Waals surface area contributed by atoms with Crippen molar-refractivity contribution in [2.75, 3.05) is 40.5 Å². The summed E-state index contributed by atoms with van der Waals surface area (Å²) in [5.74, 6) is 2.27. The quantitative estimate of drug-likeness (QED) is 0.398. The Hall–Kier alpha value is -3.19. The number of aromatic amines is 1. The van der Waals surface area contributed by atoms with Crippen LogP contribution >= 0.6 is 0 Å². The summed E-state index contributed by atoms with van der Waals surface area (Å²) in [5, 5.41) is 1.27. The van der Waals surface area contributed by atoms with Crippen molar-refractivity contribution in [2.24, 2.45) is 0 Å². The van der Waals surface area contributed by atoms with E-state index in [9.17, 15) is 4.79 Å². The Balaban J connectivity index is 1.49. The molecule has 0 aliphatic carbocycles. The van der Waals surface area contributed by atoms with Crippen molar-refractivity contribution in [3.63, 3.8) is 0 Å². The average molecular weight is 521 g/mol. The first kappa shape index (κ1) is 26.4. The number of piperidine rings is 1. The summed E-state index contributed by atoms with van der Waals surface area (Å²) in [6.07, 6.45) is 3.63. The van der Waals surface area contributed by atoms with Gasteiger partial charge in [0.1, 0.15) is 5.60 Å². The van der Waals surface area contributed by atoms with E-state index in [0.29, 0.717) is 24.9 Å². The molecule has 1 aromatic heterocycles. The van der Waals surface area contributed by atoms with E-state index < -0.39 is 5.60 Å². The van der Waals surface area contributed by atoms with Crippen molar-refractivity contribution in [3.05, 3.63) is 47.5 Å². The molecule has 3 heterocycles. The number of benzene rings is 2. The molecule has 0 saturated carbocycles. The fourth-order valence-corrected chi connectivity index (χ4v) is 5.91. The second-order valence-electron chi connectivity index (χ2n) is 11.4. The van der Waals surface area contributed by atoms with Gasteiger partial charge in [-0.15, -0.1) is 0 Å². The molecular formula is C31H40N2O5. The SMILES string of the molecule is COc1cccc(-c2[nH]c3ccc(C4CCN(C(=O)OC(C)(C)C)CC4)cc3c2C2CCOCC2)c1OC. The lowest BCUT2D eigenvalue weighted by molar-refractivity contribution is 0.0205. The number of carbonyl (C=O) groups is 1. The Morgan fingerprint density at radius 2 is 1.71 bits per heavy atom. The maximum Gasteiger partial charge on any atom is 0.410 e. The van der Waals surface area contributed by atoms with Crippen molar-refractivity contribution >= 4 is 17.0 Å². The molecule has 2 aliphatic rings. The van der Waals surface area contributed by atoms with Gasteiger partial charge in [0, 0.05) is 42.8 Å². The van der Waals surface area contributed by atoms with Crippen LogP contribution in [0.15, 0.2) is 36.4 Å². The molecule has 0 unspecified atom stereocenters. The molecule has 5 rings (SSSR count). The summed E-state index contributed by atoms with van der Waals surface area (Å²) in [6.45, 7) is 8.71. The first-order valence-electron chi connectivity index (χ1n) is 13.7. The van der Waals surface area contributed by atoms with Crippen LogP contribution in [0.5, 0.6) is 11.5 Å². The Morgan fingerprint density at radius 1 is 0.974 bits per heavy atom. The largest absolute Gasteiger partial charge is 0.493 e. The lowest BCUT2D eigenvalue weighted by Gasteiger charge is -2.33. The van der Waals surface area contributed by atoms with E-state index in [4.69, 9.17) is 18.9 Å². The number of hydrogen-bond donors (Lipinski definition) is 1. The van der Waals surface area contributed by atoms with E-state index >= 15 is 0 Å². The molecule has 2 saturated heterocycles. The van der Waals surface area contributed by atoms with Gasteiger partial charge in [0.15, 0.2) is 11.5 Å². The van der Waals surface area contributed by atoms with E-state index in [-0.39, 0.29) is 6.09 Å². The number of methoxy groups -OCH3 is 2. The summed E-state index contributed by atoms with van der Waals surface area (Å²) in [4.78, 5) is 18.1. The van der Waals surface area contributed by atoms with Crippen molar-refractivity contribution in [3.8, 4) is 22.8 Å². The zero-order valence-electron chi connectivity index (χ0n) is 23.3. The minimum atomic E-state index is -0.475. The van der Waals surface area contributed by atoms with Gasteiger partial charge in [0.05, 0.1) is 19.9 Å². The summed E-state index contributed by atoms with van der Waals surface area (Å²) in [5.41, 5.74) is 5.43. The van der Waals surface area contributed by atoms with Crippen LogP contribution in [0, 0.1) is 0 Å². The van der Waals surface area contributed by atoms with Crippen LogP contribution in [0.2, 0.25) is 0 Å². The molecule has 2 fully saturated rings. The molecule has 1 amide bonds. The Bertz CT molecular complexity index is 1280. The second kappa shape index (κ2) is 10.9. The van der Waals surface area contributed by atoms with Crippen LogP contribution in [0.3, 0.4) is 0 Å². The maximum atomic E-state index is 12.6. The standard InChI is InChI=1S/C31H40N2O5/c1-31(2,3)38-30(34)33-15-11-20(12-16-33)22-9-10-25-24(19-22)27(21-13-17-37-18-14-21)28(32-25)23-7-6-8-26(35-4)29(23)36-5/h6-10,19-21,32H,11-18H2,1-5H3. The molecule has 38 heavy (non-hydrogen) atoms. The zero-order valence-corrected chi connectivity index (χ0v) is 23.3. The first-order chi connectivity index (χ1) is 18.3. The molecule has 1 N–H and O–H groups in total. The van der Waals surface area contributed by atoms with Gasteiger partial charge in [-0.2, -0.15) is 0 Å². The Labute approximate surface area is 225 Å². The summed E-state index contributed by atoms with van der Waals surface area (Å²) in [6, 6.07) is 12.9. The van der Waals surface area contributed by atoms with E-state index in [1.165, 1.54) is 16.5 Å². The second-order valence-corrected chi connectivity index (χ2v) is 11.4. The predicted octanol–water partition coefficient (Wildman–Crippen LogP) is 6.86. The van der Waals surface area contributed by atoms with Crippen molar-refractivity contribution < 1.29 is 23.7 Å². The number of carbonyl (C=O) groups excluding carboxylic acids is 1. The van der Waals surface area contributed by atoms with Gasteiger partial charge in [0.2, 0.25) is 0 Å². The summed E-state index contributed by atoms with van der Waals surface area (Å²) >= 11 is 0. The number of fused-ring (bicyclic) bond motifs is 1. The molecule has 2 aliphatic heterocycles. The highest BCUT2D eigenvalue weighted by Crippen LogP contribution is 2.46. The van der Waals surface area contributed by atoms with Gasteiger partial charge in [-0.3, -0.25) is 0 Å². The van der Waals surface area contributed by atoms with Crippen LogP contribution in [-0.2, 0) is 9.47 Å². The van der Waals surface area contributed by atoms with Crippen LogP contribution in [0.4, 0.5) is 4.79 Å². The third-order valence-corrected chi connectivity index (χ3v) is 7.78. The van der Waals surface area contributed by atoms with E-state index in [1.807, 2.05) is 37.8 Å². The maximum absolute atomic E-state index is 12.6. The highest BCUT2D eigenvalue weighted by atomic mass is 16.6. The predicted molar refractivity (Wildman–Crippen MR) is 149 cm³/mol. The number of rotatable bonds is 5. The number of H-pyrrole nitrogens is 1. The van der Waals surface area contributed by atoms with Crippen molar-refractivity contribution in [1.29, 1.82) is 0 Å². The van der Waals surface area contributed by atoms with Crippen LogP contribution in [-0.4, -0.2) is 62.1 Å². The number of nitrogens with zero attached hydrogens (tertiary/aromatic N) is 1. The molecule has 0 radical (unpaired) electrons. The molecule has 204 valence electrons. The van der Waals surface area contributed by atoms with E-state index in [1.54, 1.807) is 14.2 Å². The van der Waals surface area contributed by atoms with Gasteiger partial charge in [-0.25, -0.2) is 4.79 Å². The van der Waals surface area contributed by atoms with Gasteiger partial charge in [0.25, 0.3) is 0 Å². The minimum absolute atomic E-state index is 0.212. The highest BCUT2D eigenvalue weighted by molar-refractivity contribution is 5.93. The highest BCUT2D eigenvalue weighted by Gasteiger charge is 2.30. The summed E-state index contributed by atoms with van der Waals surface area (Å²) < 4.78 is 22.7. The monoisotopic (exact) mass is 520 g/mol. The van der Waals surface area contributed by atoms with Crippen LogP contribution in [0.1, 0.15) is 69.4 Å². The summed E-state index contributed by atoms with van der Waals surface area (Å²) in [7, 11) is 3.37. The van der Waals surface area contributed by atoms with Gasteiger partial charge in [-0.05, 0) is 93.7 Å². The smallest absolute Gasteiger partial charge is 0.410 e. The molecule has 0 spiro atoms. The fraction of sp³-hybridized carbons (Fsp3) is 0.516. The number of hydrogen-bond acceptors (Lipinski definition) is 5. The first-order valence-corrected chi connectivity index (χ1v) is 13.7. The third kappa shape index (κ3) is 5.35. The number of para-hydroxylation sites is 1. The minimum Gasteiger partial charge on any atom is -0.493 e. The number of nitrogens with one attached hydrogen (secondary N) is 1. The lowest BCUT2D eigenvalue weighted by Crippen LogP contribution is -2.41. The molecule has 0 bridgehead atoms. The van der Waals surface area contributed by atoms with Crippen molar-refractivity contribution in [2.45, 2.75) is 63.9 Å². The number of aromatic nitrogens is 1. The average Bonchev–Trinajstić information content (AvgIpc) is 3.30. The lowest BCUT2D eigenvalue weighted by atomic mass is 9.85. The van der Waals surface area contributed by atoms with Crippen molar-refractivity contribution in [1.82, 2.24) is 9.88 Å². The molecule has 7 nitrogen and oxygen atoms in total. The topological polar surface area (TPSA) is 73.0 Å². The molecule has 3 aromatic rings. The Morgan fingerprint density at radius 3 is 2.37 bits per heavy atom. The van der Waals surface area contributed by atoms with E-state index in [2.05, 4.69) is 29.2 Å². The number of likely N-dealkylation sites (tertiary alicyclic amines) is 1. The number of amides is 1. The zero-order chi connectivity index (χ0) is 26.9. The number of ether oxygens (including phenoxy) is 4. The molecule has 7 heteroatoms. The molecular weight excluding hydrogens is 480 g/mol. The molecule has 0 atom stereocenters. The fourth-order valence-electron chi connectivity index (χ4n) is 5.91.